The molecule has 0 rings (SSSR count). The van der Waals surface area contributed by atoms with Gasteiger partial charge in [0.05, 0.1) is 0 Å². The van der Waals surface area contributed by atoms with Crippen molar-refractivity contribution in [2.75, 3.05) is 6.16 Å². The lowest BCUT2D eigenvalue weighted by Crippen LogP contribution is -1.80. The van der Waals surface area contributed by atoms with E-state index < -0.39 is 0 Å². The highest BCUT2D eigenvalue weighted by Crippen LogP contribution is 2.08. The van der Waals surface area contributed by atoms with Crippen LogP contribution in [0.15, 0.2) is 0 Å². The molecular weight excluding hydrogens is 151 g/mol. The Labute approximate surface area is 74.4 Å². The summed E-state index contributed by atoms with van der Waals surface area (Å²) in [4.78, 5) is 0. The van der Waals surface area contributed by atoms with Crippen molar-refractivity contribution in [1.29, 1.82) is 0 Å². The van der Waals surface area contributed by atoms with Crippen LogP contribution in [-0.4, -0.2) is 6.16 Å². The number of hydrogen-bond donors (Lipinski definition) is 0. The van der Waals surface area contributed by atoms with E-state index in [0.717, 1.165) is 6.16 Å². The minimum Gasteiger partial charge on any atom is -0.0654 e. The van der Waals surface area contributed by atoms with Gasteiger partial charge in [0.1, 0.15) is 0 Å². The average molecular weight is 172 g/mol. The van der Waals surface area contributed by atoms with E-state index in [0.29, 0.717) is 0 Å². The molecule has 0 fully saturated rings. The van der Waals surface area contributed by atoms with Crippen LogP contribution in [0.2, 0.25) is 0 Å². The molecule has 0 saturated heterocycles. The summed E-state index contributed by atoms with van der Waals surface area (Å²) in [5.41, 5.74) is 0. The molecule has 11 heavy (non-hydrogen) atoms. The average Bonchev–Trinajstić information content (AvgIpc) is 2.03. The Bertz CT molecular complexity index is 53.9. The summed E-state index contributed by atoms with van der Waals surface area (Å²) < 4.78 is 0. The van der Waals surface area contributed by atoms with Crippen molar-refractivity contribution < 1.29 is 0 Å². The van der Waals surface area contributed by atoms with Gasteiger partial charge < -0.3 is 0 Å². The smallest absolute Gasteiger partial charge is 0.0242 e. The fraction of sp³-hybridized carbons (Fsp3) is 1.00. The lowest BCUT2D eigenvalue weighted by atomic mass is 10.1. The van der Waals surface area contributed by atoms with Gasteiger partial charge in [-0.15, -0.1) is 0 Å². The standard InChI is InChI=1S/C10H21P/c1-2-3-4-5-6-7-8-9-10-11/h2-10H2,1H3. The first-order valence-electron chi connectivity index (χ1n) is 5.02. The molecule has 0 aromatic heterocycles. The highest BCUT2D eigenvalue weighted by molar-refractivity contribution is 7.16. The van der Waals surface area contributed by atoms with Gasteiger partial charge >= 0.3 is 0 Å². The topological polar surface area (TPSA) is 0 Å². The summed E-state index contributed by atoms with van der Waals surface area (Å²) >= 11 is 0. The molecule has 0 heterocycles. The first-order valence-corrected chi connectivity index (χ1v) is 5.66. The zero-order chi connectivity index (χ0) is 8.36. The summed E-state index contributed by atoms with van der Waals surface area (Å²) in [6, 6.07) is 0. The maximum atomic E-state index is 4.18. The molecule has 0 bridgehead atoms. The van der Waals surface area contributed by atoms with Crippen molar-refractivity contribution in [1.82, 2.24) is 0 Å². The van der Waals surface area contributed by atoms with Gasteiger partial charge in [0.2, 0.25) is 0 Å². The fourth-order valence-corrected chi connectivity index (χ4v) is 1.47. The van der Waals surface area contributed by atoms with Crippen molar-refractivity contribution in [3.63, 3.8) is 0 Å². The van der Waals surface area contributed by atoms with E-state index in [-0.39, 0.29) is 0 Å². The normalized spacial score (nSPS) is 10.4. The molecule has 0 unspecified atom stereocenters. The highest BCUT2D eigenvalue weighted by atomic mass is 31.0. The summed E-state index contributed by atoms with van der Waals surface area (Å²) in [6.45, 7) is 2.26. The quantitative estimate of drug-likeness (QED) is 0.372. The monoisotopic (exact) mass is 172 g/mol. The molecule has 0 saturated carbocycles. The lowest BCUT2D eigenvalue weighted by Gasteiger charge is -1.98. The minimum absolute atomic E-state index is 1.06. The van der Waals surface area contributed by atoms with Crippen LogP contribution in [0.3, 0.4) is 0 Å². The van der Waals surface area contributed by atoms with Crippen LogP contribution in [0, 0.1) is 0 Å². The SMILES string of the molecule is CCCCCCCCCC[P]. The van der Waals surface area contributed by atoms with E-state index in [9.17, 15) is 0 Å². The Hall–Kier alpha value is 0.430. The Balaban J connectivity index is 2.69. The first-order chi connectivity index (χ1) is 5.41. The van der Waals surface area contributed by atoms with Gasteiger partial charge in [-0.3, -0.25) is 0 Å². The summed E-state index contributed by atoms with van der Waals surface area (Å²) in [5, 5.41) is 0. The van der Waals surface area contributed by atoms with Crippen LogP contribution in [-0.2, 0) is 0 Å². The van der Waals surface area contributed by atoms with Crippen molar-refractivity contribution >= 4 is 9.24 Å². The Kier molecular flexibility index (Phi) is 10.8. The Morgan fingerprint density at radius 1 is 0.727 bits per heavy atom. The van der Waals surface area contributed by atoms with Crippen LogP contribution >= 0.6 is 9.24 Å². The maximum Gasteiger partial charge on any atom is -0.0242 e. The molecule has 0 aliphatic rings. The molecule has 0 aromatic rings. The second-order valence-electron chi connectivity index (χ2n) is 3.20. The molecule has 1 heteroatoms. The van der Waals surface area contributed by atoms with Crippen molar-refractivity contribution in [2.45, 2.75) is 58.3 Å². The molecule has 2 radical (unpaired) electrons. The third-order valence-electron chi connectivity index (χ3n) is 2.01. The maximum absolute atomic E-state index is 4.18. The van der Waals surface area contributed by atoms with Crippen molar-refractivity contribution in [3.05, 3.63) is 0 Å². The summed E-state index contributed by atoms with van der Waals surface area (Å²) in [5.74, 6) is 0. The first kappa shape index (κ1) is 11.4. The van der Waals surface area contributed by atoms with Crippen LogP contribution in [0.4, 0.5) is 0 Å². The lowest BCUT2D eigenvalue weighted by molar-refractivity contribution is 0.586. The Morgan fingerprint density at radius 2 is 1.18 bits per heavy atom. The van der Waals surface area contributed by atoms with E-state index in [4.69, 9.17) is 0 Å². The predicted molar refractivity (Wildman–Crippen MR) is 54.4 cm³/mol. The third-order valence-corrected chi connectivity index (χ3v) is 2.33. The molecule has 0 aromatic carbocycles. The van der Waals surface area contributed by atoms with E-state index in [1.54, 1.807) is 0 Å². The molecule has 0 aliphatic carbocycles. The van der Waals surface area contributed by atoms with Gasteiger partial charge in [-0.2, -0.15) is 0 Å². The second kappa shape index (κ2) is 10.4. The second-order valence-corrected chi connectivity index (χ2v) is 3.65. The van der Waals surface area contributed by atoms with Gasteiger partial charge in [-0.05, 0) is 21.8 Å². The number of rotatable bonds is 8. The molecular formula is C10H21P. The van der Waals surface area contributed by atoms with E-state index in [1.165, 1.54) is 51.4 Å². The molecule has 0 nitrogen and oxygen atoms in total. The fourth-order valence-electron chi connectivity index (χ4n) is 1.25. The van der Waals surface area contributed by atoms with Crippen LogP contribution in [0.1, 0.15) is 58.3 Å². The van der Waals surface area contributed by atoms with Crippen LogP contribution < -0.4 is 0 Å². The van der Waals surface area contributed by atoms with Gasteiger partial charge in [0, 0.05) is 0 Å². The summed E-state index contributed by atoms with van der Waals surface area (Å²) in [6.07, 6.45) is 12.3. The molecule has 66 valence electrons. The van der Waals surface area contributed by atoms with E-state index in [1.807, 2.05) is 0 Å². The highest BCUT2D eigenvalue weighted by Gasteiger charge is 1.89. The Morgan fingerprint density at radius 3 is 1.64 bits per heavy atom. The molecule has 0 atom stereocenters. The molecule has 0 N–H and O–H groups in total. The number of unbranched alkanes of at least 4 members (excludes halogenated alkanes) is 7. The summed E-state index contributed by atoms with van der Waals surface area (Å²) in [7, 11) is 4.18. The molecule has 0 aliphatic heterocycles. The van der Waals surface area contributed by atoms with Gasteiger partial charge in [0.25, 0.3) is 0 Å². The third kappa shape index (κ3) is 10.4. The zero-order valence-electron chi connectivity index (χ0n) is 7.81. The van der Waals surface area contributed by atoms with Crippen LogP contribution in [0.25, 0.3) is 0 Å². The van der Waals surface area contributed by atoms with Crippen molar-refractivity contribution in [2.24, 2.45) is 0 Å². The van der Waals surface area contributed by atoms with E-state index in [2.05, 4.69) is 16.2 Å². The number of hydrogen-bond acceptors (Lipinski definition) is 0. The van der Waals surface area contributed by atoms with Crippen molar-refractivity contribution in [3.8, 4) is 0 Å². The molecule has 0 amide bonds. The largest absolute Gasteiger partial charge is 0.0654 e. The van der Waals surface area contributed by atoms with Crippen LogP contribution in [0.5, 0.6) is 0 Å². The molecule has 0 spiro atoms. The van der Waals surface area contributed by atoms with E-state index >= 15 is 0 Å². The predicted octanol–water partition coefficient (Wildman–Crippen LogP) is 4.54. The zero-order valence-corrected chi connectivity index (χ0v) is 8.71. The van der Waals surface area contributed by atoms with Gasteiger partial charge in [-0.25, -0.2) is 0 Å². The van der Waals surface area contributed by atoms with Gasteiger partial charge in [0.15, 0.2) is 0 Å². The minimum atomic E-state index is 1.06. The van der Waals surface area contributed by atoms with Gasteiger partial charge in [-0.1, -0.05) is 51.9 Å².